The van der Waals surface area contributed by atoms with E-state index in [4.69, 9.17) is 0 Å². The molecule has 0 radical (unpaired) electrons. The van der Waals surface area contributed by atoms with Crippen LogP contribution in [-0.2, 0) is 6.42 Å². The molecule has 2 saturated heterocycles. The summed E-state index contributed by atoms with van der Waals surface area (Å²) in [6.45, 7) is 7.82. The molecule has 2 aliphatic heterocycles. The van der Waals surface area contributed by atoms with E-state index in [1.165, 1.54) is 56.5 Å². The molecule has 2 aromatic rings. The molecule has 0 amide bonds. The van der Waals surface area contributed by atoms with Gasteiger partial charge in [0.2, 0.25) is 0 Å². The predicted octanol–water partition coefficient (Wildman–Crippen LogP) is 4.51. The molecule has 1 aromatic heterocycles. The van der Waals surface area contributed by atoms with Crippen LogP contribution in [-0.4, -0.2) is 38.3 Å². The fraction of sp³-hybridized carbons (Fsp3) is 0.636. The van der Waals surface area contributed by atoms with Crippen LogP contribution in [0.1, 0.15) is 75.1 Å². The Morgan fingerprint density at radius 3 is 2.35 bits per heavy atom. The third-order valence-corrected chi connectivity index (χ3v) is 6.36. The first-order chi connectivity index (χ1) is 12.6. The van der Waals surface area contributed by atoms with Gasteiger partial charge in [-0.1, -0.05) is 44.2 Å². The Morgan fingerprint density at radius 2 is 1.69 bits per heavy atom. The maximum Gasteiger partial charge on any atom is 0.135 e. The maximum absolute atomic E-state index is 4.46. The van der Waals surface area contributed by atoms with Gasteiger partial charge >= 0.3 is 0 Å². The first-order valence-corrected chi connectivity index (χ1v) is 10.3. The van der Waals surface area contributed by atoms with E-state index >= 15 is 0 Å². The van der Waals surface area contributed by atoms with Crippen molar-refractivity contribution in [3.8, 4) is 0 Å². The molecule has 0 spiro atoms. The lowest BCUT2D eigenvalue weighted by atomic mass is 9.95. The van der Waals surface area contributed by atoms with Gasteiger partial charge in [0, 0.05) is 24.0 Å². The van der Waals surface area contributed by atoms with Crippen LogP contribution in [0, 0.1) is 6.92 Å². The number of benzene rings is 1. The summed E-state index contributed by atoms with van der Waals surface area (Å²) in [5.74, 6) is 2.71. The number of fused-ring (bicyclic) bond motifs is 2. The van der Waals surface area contributed by atoms with Gasteiger partial charge in [0.15, 0.2) is 0 Å². The minimum absolute atomic E-state index is 0.442. The molecule has 3 heterocycles. The highest BCUT2D eigenvalue weighted by molar-refractivity contribution is 5.14. The lowest BCUT2D eigenvalue weighted by Gasteiger charge is -2.40. The second kappa shape index (κ2) is 7.51. The van der Waals surface area contributed by atoms with Gasteiger partial charge in [-0.05, 0) is 57.6 Å². The van der Waals surface area contributed by atoms with Gasteiger partial charge in [0.25, 0.3) is 0 Å². The Kier molecular flexibility index (Phi) is 5.12. The van der Waals surface area contributed by atoms with Gasteiger partial charge in [-0.25, -0.2) is 0 Å². The van der Waals surface area contributed by atoms with E-state index in [0.717, 1.165) is 17.9 Å². The van der Waals surface area contributed by atoms with Crippen molar-refractivity contribution in [2.45, 2.75) is 83.3 Å². The quantitative estimate of drug-likeness (QED) is 0.767. The van der Waals surface area contributed by atoms with Crippen LogP contribution in [0.5, 0.6) is 0 Å². The van der Waals surface area contributed by atoms with Crippen LogP contribution in [0.2, 0.25) is 0 Å². The summed E-state index contributed by atoms with van der Waals surface area (Å²) < 4.78 is 2.46. The van der Waals surface area contributed by atoms with Crippen molar-refractivity contribution in [3.63, 3.8) is 0 Å². The van der Waals surface area contributed by atoms with Crippen molar-refractivity contribution in [3.05, 3.63) is 47.5 Å². The van der Waals surface area contributed by atoms with E-state index in [9.17, 15) is 0 Å². The zero-order valence-electron chi connectivity index (χ0n) is 16.4. The summed E-state index contributed by atoms with van der Waals surface area (Å²) in [4.78, 5) is 2.81. The number of piperidine rings is 1. The molecule has 4 nitrogen and oxygen atoms in total. The Bertz CT molecular complexity index is 707. The minimum Gasteiger partial charge on any atom is -0.312 e. The van der Waals surface area contributed by atoms with Crippen molar-refractivity contribution in [2.75, 3.05) is 6.54 Å². The molecule has 0 saturated carbocycles. The summed E-state index contributed by atoms with van der Waals surface area (Å²) in [5, 5.41) is 8.85. The molecule has 2 unspecified atom stereocenters. The molecular weight excluding hydrogens is 320 g/mol. The summed E-state index contributed by atoms with van der Waals surface area (Å²) in [6, 6.07) is 13.0. The maximum atomic E-state index is 4.46. The van der Waals surface area contributed by atoms with Gasteiger partial charge < -0.3 is 4.57 Å². The van der Waals surface area contributed by atoms with Gasteiger partial charge in [-0.3, -0.25) is 4.90 Å². The number of nitrogens with zero attached hydrogens (tertiary/aromatic N) is 4. The highest BCUT2D eigenvalue weighted by Crippen LogP contribution is 2.42. The summed E-state index contributed by atoms with van der Waals surface area (Å²) in [5.41, 5.74) is 1.47. The molecule has 0 N–H and O–H groups in total. The van der Waals surface area contributed by atoms with Crippen molar-refractivity contribution in [1.29, 1.82) is 0 Å². The van der Waals surface area contributed by atoms with Crippen LogP contribution < -0.4 is 0 Å². The third-order valence-electron chi connectivity index (χ3n) is 6.36. The van der Waals surface area contributed by atoms with E-state index in [1.54, 1.807) is 0 Å². The van der Waals surface area contributed by atoms with Gasteiger partial charge in [-0.15, -0.1) is 10.2 Å². The minimum atomic E-state index is 0.442. The Hall–Kier alpha value is -1.68. The zero-order chi connectivity index (χ0) is 18.1. The van der Waals surface area contributed by atoms with Crippen molar-refractivity contribution in [2.24, 2.45) is 0 Å². The van der Waals surface area contributed by atoms with E-state index in [-0.39, 0.29) is 0 Å². The standard InChI is InChI=1S/C22H32N4/c1-16(2)22-24-23-17(3)26(22)21-14-19-11-12-20(15-21)25(19)13-7-10-18-8-5-4-6-9-18/h4-6,8-9,16,19-21H,7,10-15H2,1-3H3. The number of aromatic nitrogens is 3. The van der Waals surface area contributed by atoms with Crippen molar-refractivity contribution >= 4 is 0 Å². The Labute approximate surface area is 157 Å². The molecule has 4 rings (SSSR count). The van der Waals surface area contributed by atoms with Crippen LogP contribution in [0.3, 0.4) is 0 Å². The van der Waals surface area contributed by atoms with E-state index in [2.05, 4.69) is 70.8 Å². The highest BCUT2D eigenvalue weighted by Gasteiger charge is 2.41. The highest BCUT2D eigenvalue weighted by atomic mass is 15.3. The Morgan fingerprint density at radius 1 is 1.00 bits per heavy atom. The third kappa shape index (κ3) is 3.44. The lowest BCUT2D eigenvalue weighted by Crippen LogP contribution is -2.44. The fourth-order valence-electron chi connectivity index (χ4n) is 5.16. The van der Waals surface area contributed by atoms with Crippen LogP contribution in [0.4, 0.5) is 0 Å². The number of hydrogen-bond donors (Lipinski definition) is 0. The molecule has 140 valence electrons. The second-order valence-corrected chi connectivity index (χ2v) is 8.47. The van der Waals surface area contributed by atoms with Gasteiger partial charge in [0.1, 0.15) is 11.6 Å². The fourth-order valence-corrected chi connectivity index (χ4v) is 5.16. The van der Waals surface area contributed by atoms with Gasteiger partial charge in [0.05, 0.1) is 0 Å². The van der Waals surface area contributed by atoms with Crippen LogP contribution in [0.15, 0.2) is 30.3 Å². The summed E-state index contributed by atoms with van der Waals surface area (Å²) >= 11 is 0. The molecule has 26 heavy (non-hydrogen) atoms. The molecule has 4 heteroatoms. The summed E-state index contributed by atoms with van der Waals surface area (Å²) in [6.07, 6.45) is 7.73. The molecule has 0 aliphatic carbocycles. The number of rotatable bonds is 6. The largest absolute Gasteiger partial charge is 0.312 e. The second-order valence-electron chi connectivity index (χ2n) is 8.47. The van der Waals surface area contributed by atoms with E-state index < -0.39 is 0 Å². The number of aryl methyl sites for hydroxylation is 2. The normalized spacial score (nSPS) is 25.9. The molecular formula is C22H32N4. The SMILES string of the molecule is Cc1nnc(C(C)C)n1C1CC2CCC(C1)N2CCCc1ccccc1. The molecule has 2 fully saturated rings. The van der Waals surface area contributed by atoms with Gasteiger partial charge in [-0.2, -0.15) is 0 Å². The topological polar surface area (TPSA) is 34.0 Å². The first-order valence-electron chi connectivity index (χ1n) is 10.3. The molecule has 1 aromatic carbocycles. The average Bonchev–Trinajstić information content (AvgIpc) is 3.12. The zero-order valence-corrected chi connectivity index (χ0v) is 16.4. The average molecular weight is 353 g/mol. The predicted molar refractivity (Wildman–Crippen MR) is 105 cm³/mol. The lowest BCUT2D eigenvalue weighted by molar-refractivity contribution is 0.103. The number of hydrogen-bond acceptors (Lipinski definition) is 3. The summed E-state index contributed by atoms with van der Waals surface area (Å²) in [7, 11) is 0. The van der Waals surface area contributed by atoms with Crippen molar-refractivity contribution in [1.82, 2.24) is 19.7 Å². The monoisotopic (exact) mass is 352 g/mol. The Balaban J connectivity index is 1.39. The van der Waals surface area contributed by atoms with Crippen LogP contribution >= 0.6 is 0 Å². The van der Waals surface area contributed by atoms with Crippen molar-refractivity contribution < 1.29 is 0 Å². The molecule has 2 bridgehead atoms. The smallest absolute Gasteiger partial charge is 0.135 e. The molecule has 2 atom stereocenters. The van der Waals surface area contributed by atoms with E-state index in [0.29, 0.717) is 12.0 Å². The first kappa shape index (κ1) is 17.7. The van der Waals surface area contributed by atoms with E-state index in [1.807, 2.05) is 0 Å². The molecule has 2 aliphatic rings. The van der Waals surface area contributed by atoms with Crippen LogP contribution in [0.25, 0.3) is 0 Å².